The molecule has 1 atom stereocenters. The van der Waals surface area contributed by atoms with Gasteiger partial charge in [-0.15, -0.1) is 0 Å². The van der Waals surface area contributed by atoms with Crippen molar-refractivity contribution in [1.82, 2.24) is 9.97 Å². The second-order valence-corrected chi connectivity index (χ2v) is 4.79. The molecule has 0 aromatic carbocycles. The van der Waals surface area contributed by atoms with Gasteiger partial charge in [0.25, 0.3) is 0 Å². The van der Waals surface area contributed by atoms with Crippen LogP contribution in [0.15, 0.2) is 6.07 Å². The summed E-state index contributed by atoms with van der Waals surface area (Å²) >= 11 is 0. The molecule has 0 saturated carbocycles. The predicted molar refractivity (Wildman–Crippen MR) is 79.3 cm³/mol. The first-order valence-electron chi connectivity index (χ1n) is 6.78. The predicted octanol–water partition coefficient (Wildman–Crippen LogP) is 1.38. The zero-order valence-corrected chi connectivity index (χ0v) is 12.6. The number of aromatic nitrogens is 2. The maximum absolute atomic E-state index is 5.43. The Hall–Kier alpha value is -1.44. The first-order chi connectivity index (χ1) is 9.60. The van der Waals surface area contributed by atoms with Gasteiger partial charge in [-0.05, 0) is 12.8 Å². The fraction of sp³-hybridized carbons (Fsp3) is 0.692. The van der Waals surface area contributed by atoms with Crippen LogP contribution in [0.3, 0.4) is 0 Å². The first kappa shape index (κ1) is 16.6. The number of nitrogens with zero attached hydrogens (tertiary/aromatic N) is 2. The third-order valence-electron chi connectivity index (χ3n) is 2.84. The average molecular weight is 283 g/mol. The van der Waals surface area contributed by atoms with Crippen LogP contribution in [-0.2, 0) is 16.1 Å². The van der Waals surface area contributed by atoms with E-state index in [0.717, 1.165) is 0 Å². The maximum atomic E-state index is 5.43. The molecular weight excluding hydrogens is 258 g/mol. The Bertz CT molecular complexity index is 400. The van der Waals surface area contributed by atoms with Gasteiger partial charge in [-0.3, -0.25) is 0 Å². The molecule has 0 aliphatic heterocycles. The molecule has 4 N–H and O–H groups in total. The molecule has 1 heterocycles. The van der Waals surface area contributed by atoms with Crippen LogP contribution in [0.4, 0.5) is 11.6 Å². The summed E-state index contributed by atoms with van der Waals surface area (Å²) in [6, 6.07) is 1.93. The Balaban J connectivity index is 2.86. The largest absolute Gasteiger partial charge is 0.383 e. The molecule has 1 aromatic heterocycles. The van der Waals surface area contributed by atoms with E-state index in [1.165, 1.54) is 0 Å². The molecular formula is C13H25N5O2. The molecule has 1 aromatic rings. The fourth-order valence-electron chi connectivity index (χ4n) is 1.67. The molecule has 0 spiro atoms. The van der Waals surface area contributed by atoms with Crippen LogP contribution >= 0.6 is 0 Å². The van der Waals surface area contributed by atoms with Crippen molar-refractivity contribution in [2.45, 2.75) is 33.4 Å². The molecule has 0 amide bonds. The highest BCUT2D eigenvalue weighted by atomic mass is 16.5. The molecule has 0 fully saturated rings. The SMILES string of the molecule is CCOCc1nc(NN)cc(NC(COC)C(C)C)n1. The molecule has 0 aliphatic rings. The Labute approximate surface area is 120 Å². The van der Waals surface area contributed by atoms with Crippen LogP contribution in [0, 0.1) is 5.92 Å². The van der Waals surface area contributed by atoms with E-state index in [1.807, 2.05) is 6.92 Å². The van der Waals surface area contributed by atoms with Crippen LogP contribution in [0.1, 0.15) is 26.6 Å². The van der Waals surface area contributed by atoms with Crippen LogP contribution in [0.2, 0.25) is 0 Å². The number of hydrazine groups is 1. The minimum absolute atomic E-state index is 0.167. The summed E-state index contributed by atoms with van der Waals surface area (Å²) in [7, 11) is 1.68. The number of hydrogen-bond acceptors (Lipinski definition) is 7. The van der Waals surface area contributed by atoms with E-state index in [4.69, 9.17) is 15.3 Å². The first-order valence-corrected chi connectivity index (χ1v) is 6.78. The molecule has 0 aliphatic carbocycles. The minimum atomic E-state index is 0.167. The molecule has 7 heteroatoms. The standard InChI is InChI=1S/C13H25N5O2/c1-5-20-8-13-16-11(6-12(17-13)18-14)15-10(7-19-4)9(2)3/h6,9-10H,5,7-8,14H2,1-4H3,(H2,15,16,17,18). The van der Waals surface area contributed by atoms with E-state index in [1.54, 1.807) is 13.2 Å². The molecule has 0 radical (unpaired) electrons. The van der Waals surface area contributed by atoms with Gasteiger partial charge in [0.05, 0.1) is 12.6 Å². The van der Waals surface area contributed by atoms with Crippen molar-refractivity contribution in [1.29, 1.82) is 0 Å². The summed E-state index contributed by atoms with van der Waals surface area (Å²) in [5.41, 5.74) is 2.54. The molecule has 7 nitrogen and oxygen atoms in total. The van der Waals surface area contributed by atoms with Crippen molar-refractivity contribution in [3.8, 4) is 0 Å². The van der Waals surface area contributed by atoms with E-state index in [2.05, 4.69) is 34.6 Å². The normalized spacial score (nSPS) is 12.5. The number of nitrogens with two attached hydrogens (primary N) is 1. The van der Waals surface area contributed by atoms with E-state index < -0.39 is 0 Å². The summed E-state index contributed by atoms with van der Waals surface area (Å²) in [5, 5.41) is 3.34. The highest BCUT2D eigenvalue weighted by Gasteiger charge is 2.14. The summed E-state index contributed by atoms with van der Waals surface area (Å²) in [6.07, 6.45) is 0. The lowest BCUT2D eigenvalue weighted by atomic mass is 10.1. The molecule has 114 valence electrons. The summed E-state index contributed by atoms with van der Waals surface area (Å²) < 4.78 is 10.5. The quantitative estimate of drug-likeness (QED) is 0.465. The molecule has 0 bridgehead atoms. The monoisotopic (exact) mass is 283 g/mol. The van der Waals surface area contributed by atoms with Gasteiger partial charge in [-0.25, -0.2) is 15.8 Å². The van der Waals surface area contributed by atoms with E-state index in [0.29, 0.717) is 43.2 Å². The third kappa shape index (κ3) is 5.28. The van der Waals surface area contributed by atoms with Gasteiger partial charge >= 0.3 is 0 Å². The number of anilines is 2. The third-order valence-corrected chi connectivity index (χ3v) is 2.84. The van der Waals surface area contributed by atoms with Gasteiger partial charge in [0.2, 0.25) is 0 Å². The van der Waals surface area contributed by atoms with Gasteiger partial charge in [0.1, 0.15) is 18.2 Å². The van der Waals surface area contributed by atoms with Crippen LogP contribution < -0.4 is 16.6 Å². The Morgan fingerprint density at radius 3 is 2.55 bits per heavy atom. The van der Waals surface area contributed by atoms with Crippen molar-refractivity contribution in [2.24, 2.45) is 11.8 Å². The van der Waals surface area contributed by atoms with Gasteiger partial charge < -0.3 is 20.2 Å². The topological polar surface area (TPSA) is 94.3 Å². The zero-order chi connectivity index (χ0) is 15.0. The van der Waals surface area contributed by atoms with Crippen LogP contribution in [0.25, 0.3) is 0 Å². The molecule has 20 heavy (non-hydrogen) atoms. The van der Waals surface area contributed by atoms with Gasteiger partial charge in [-0.1, -0.05) is 13.8 Å². The van der Waals surface area contributed by atoms with Crippen molar-refractivity contribution >= 4 is 11.6 Å². The highest BCUT2D eigenvalue weighted by Crippen LogP contribution is 2.15. The fourth-order valence-corrected chi connectivity index (χ4v) is 1.67. The van der Waals surface area contributed by atoms with Gasteiger partial charge in [-0.2, -0.15) is 0 Å². The van der Waals surface area contributed by atoms with Crippen molar-refractivity contribution in [2.75, 3.05) is 31.1 Å². The summed E-state index contributed by atoms with van der Waals surface area (Å²) in [6.45, 7) is 7.76. The molecule has 1 rings (SSSR count). The lowest BCUT2D eigenvalue weighted by molar-refractivity contribution is 0.128. The maximum Gasteiger partial charge on any atom is 0.158 e. The zero-order valence-electron chi connectivity index (χ0n) is 12.6. The van der Waals surface area contributed by atoms with E-state index >= 15 is 0 Å². The number of ether oxygens (including phenoxy) is 2. The van der Waals surface area contributed by atoms with Gasteiger partial charge in [0.15, 0.2) is 5.82 Å². The van der Waals surface area contributed by atoms with Crippen molar-refractivity contribution in [3.05, 3.63) is 11.9 Å². The van der Waals surface area contributed by atoms with Crippen LogP contribution in [-0.4, -0.2) is 36.3 Å². The van der Waals surface area contributed by atoms with Gasteiger partial charge in [0, 0.05) is 19.8 Å². The number of nitrogens with one attached hydrogen (secondary N) is 2. The lowest BCUT2D eigenvalue weighted by Crippen LogP contribution is -2.31. The van der Waals surface area contributed by atoms with Crippen LogP contribution in [0.5, 0.6) is 0 Å². The number of rotatable bonds is 9. The van der Waals surface area contributed by atoms with E-state index in [-0.39, 0.29) is 6.04 Å². The lowest BCUT2D eigenvalue weighted by Gasteiger charge is -2.22. The smallest absolute Gasteiger partial charge is 0.158 e. The number of nitrogen functional groups attached to an aromatic ring is 1. The Kier molecular flexibility index (Phi) is 7.21. The summed E-state index contributed by atoms with van der Waals surface area (Å²) in [4.78, 5) is 8.67. The molecule has 1 unspecified atom stereocenters. The van der Waals surface area contributed by atoms with Crippen molar-refractivity contribution < 1.29 is 9.47 Å². The minimum Gasteiger partial charge on any atom is -0.383 e. The molecule has 0 saturated heterocycles. The number of hydrogen-bond donors (Lipinski definition) is 3. The van der Waals surface area contributed by atoms with Crippen molar-refractivity contribution in [3.63, 3.8) is 0 Å². The average Bonchev–Trinajstić information content (AvgIpc) is 2.44. The Morgan fingerprint density at radius 1 is 1.30 bits per heavy atom. The second-order valence-electron chi connectivity index (χ2n) is 4.79. The number of methoxy groups -OCH3 is 1. The van der Waals surface area contributed by atoms with E-state index in [9.17, 15) is 0 Å². The highest BCUT2D eigenvalue weighted by molar-refractivity contribution is 5.47. The second kappa shape index (κ2) is 8.68. The summed E-state index contributed by atoms with van der Waals surface area (Å²) in [5.74, 6) is 7.69. The Morgan fingerprint density at radius 2 is 2.00 bits per heavy atom.